The average molecular weight is 359 g/mol. The molecule has 0 radical (unpaired) electrons. The smallest absolute Gasteiger partial charge is 0.135 e. The lowest BCUT2D eigenvalue weighted by Crippen LogP contribution is -2.45. The molecule has 0 unspecified atom stereocenters. The van der Waals surface area contributed by atoms with E-state index in [2.05, 4.69) is 21.8 Å². The molecule has 2 heterocycles. The number of hydrogen-bond acceptors (Lipinski definition) is 3. The highest BCUT2D eigenvalue weighted by Crippen LogP contribution is 2.30. The van der Waals surface area contributed by atoms with Crippen LogP contribution in [0.5, 0.6) is 0 Å². The van der Waals surface area contributed by atoms with Gasteiger partial charge in [-0.2, -0.15) is 0 Å². The average Bonchev–Trinajstić information content (AvgIpc) is 2.38. The van der Waals surface area contributed by atoms with E-state index in [4.69, 9.17) is 23.2 Å². The summed E-state index contributed by atoms with van der Waals surface area (Å²) in [6, 6.07) is 4.00. The Morgan fingerprint density at radius 1 is 1.30 bits per heavy atom. The molecule has 20 heavy (non-hydrogen) atoms. The lowest BCUT2D eigenvalue weighted by Gasteiger charge is -2.35. The summed E-state index contributed by atoms with van der Waals surface area (Å²) in [6.07, 6.45) is 2.79. The van der Waals surface area contributed by atoms with Gasteiger partial charge in [-0.25, -0.2) is 4.98 Å². The Morgan fingerprint density at radius 2 is 1.95 bits per heavy atom. The molecule has 1 aromatic heterocycles. The first-order valence-corrected chi connectivity index (χ1v) is 6.85. The first-order chi connectivity index (χ1) is 8.72. The van der Waals surface area contributed by atoms with E-state index in [1.165, 1.54) is 0 Å². The van der Waals surface area contributed by atoms with Gasteiger partial charge in [0, 0.05) is 37.8 Å². The molecule has 0 spiro atoms. The predicted octanol–water partition coefficient (Wildman–Crippen LogP) is 3.75. The number of pyridine rings is 1. The van der Waals surface area contributed by atoms with Gasteiger partial charge in [0.15, 0.2) is 0 Å². The summed E-state index contributed by atoms with van der Waals surface area (Å²) in [6.45, 7) is 7.87. The number of nitrogens with zero attached hydrogens (tertiary/aromatic N) is 2. The summed E-state index contributed by atoms with van der Waals surface area (Å²) in [7, 11) is 0. The van der Waals surface area contributed by atoms with Crippen molar-refractivity contribution < 1.29 is 0 Å². The van der Waals surface area contributed by atoms with Gasteiger partial charge in [-0.05, 0) is 12.5 Å². The van der Waals surface area contributed by atoms with E-state index in [0.717, 1.165) is 38.2 Å². The van der Waals surface area contributed by atoms with E-state index < -0.39 is 0 Å². The van der Waals surface area contributed by atoms with Crippen LogP contribution in [0.15, 0.2) is 24.8 Å². The molecule has 7 heteroatoms. The zero-order chi connectivity index (χ0) is 13.0. The molecule has 1 aliphatic rings. The zero-order valence-electron chi connectivity index (χ0n) is 11.0. The molecule has 1 atom stereocenters. The minimum absolute atomic E-state index is 0. The largest absolute Gasteiger partial charge is 0.314 e. The van der Waals surface area contributed by atoms with Crippen LogP contribution in [0.25, 0.3) is 0 Å². The van der Waals surface area contributed by atoms with Gasteiger partial charge in [-0.1, -0.05) is 35.3 Å². The SMILES string of the molecule is C=CC[C@@H](c1ccc(Cl)nc1Cl)N1CCNCC1.Cl.Cl. The van der Waals surface area contributed by atoms with Gasteiger partial charge in [0.1, 0.15) is 10.3 Å². The molecule has 0 bridgehead atoms. The van der Waals surface area contributed by atoms with Crippen molar-refractivity contribution in [3.8, 4) is 0 Å². The number of rotatable bonds is 4. The van der Waals surface area contributed by atoms with Gasteiger partial charge < -0.3 is 5.32 Å². The first kappa shape index (κ1) is 20.0. The Hall–Kier alpha value is -0.0300. The molecule has 0 aromatic carbocycles. The highest BCUT2D eigenvalue weighted by molar-refractivity contribution is 6.32. The number of piperazine rings is 1. The Kier molecular flexibility index (Phi) is 9.81. The van der Waals surface area contributed by atoms with E-state index in [0.29, 0.717) is 10.3 Å². The zero-order valence-corrected chi connectivity index (χ0v) is 14.2. The van der Waals surface area contributed by atoms with Crippen LogP contribution in [-0.4, -0.2) is 36.1 Å². The van der Waals surface area contributed by atoms with Crippen LogP contribution in [0.1, 0.15) is 18.0 Å². The second-order valence-corrected chi connectivity index (χ2v) is 5.09. The topological polar surface area (TPSA) is 28.2 Å². The number of halogens is 4. The Morgan fingerprint density at radius 3 is 2.50 bits per heavy atom. The van der Waals surface area contributed by atoms with Gasteiger partial charge in [-0.15, -0.1) is 31.4 Å². The van der Waals surface area contributed by atoms with Crippen molar-refractivity contribution >= 4 is 48.0 Å². The van der Waals surface area contributed by atoms with Crippen molar-refractivity contribution in [2.45, 2.75) is 12.5 Å². The van der Waals surface area contributed by atoms with Crippen molar-refractivity contribution in [2.75, 3.05) is 26.2 Å². The van der Waals surface area contributed by atoms with E-state index in [1.807, 2.05) is 12.1 Å². The molecule has 2 rings (SSSR count). The number of nitrogens with one attached hydrogen (secondary N) is 1. The van der Waals surface area contributed by atoms with Crippen LogP contribution in [0.4, 0.5) is 0 Å². The molecule has 0 saturated carbocycles. The first-order valence-electron chi connectivity index (χ1n) is 6.10. The Labute approximate surface area is 142 Å². The molecule has 0 amide bonds. The lowest BCUT2D eigenvalue weighted by atomic mass is 10.0. The van der Waals surface area contributed by atoms with Gasteiger partial charge >= 0.3 is 0 Å². The molecule has 0 aliphatic carbocycles. The maximum atomic E-state index is 6.21. The molecular formula is C13H19Cl4N3. The van der Waals surface area contributed by atoms with Crippen LogP contribution in [0, 0.1) is 0 Å². The Bertz CT molecular complexity index is 422. The second-order valence-electron chi connectivity index (χ2n) is 4.34. The molecule has 1 saturated heterocycles. The molecule has 1 aliphatic heterocycles. The van der Waals surface area contributed by atoms with Crippen LogP contribution in [0.2, 0.25) is 10.3 Å². The van der Waals surface area contributed by atoms with Crippen molar-refractivity contribution in [1.29, 1.82) is 0 Å². The molecule has 1 aromatic rings. The van der Waals surface area contributed by atoms with Crippen molar-refractivity contribution in [3.63, 3.8) is 0 Å². The summed E-state index contributed by atoms with van der Waals surface area (Å²) in [5.74, 6) is 0. The molecular weight excluding hydrogens is 340 g/mol. The summed E-state index contributed by atoms with van der Waals surface area (Å²) in [4.78, 5) is 6.54. The fourth-order valence-corrected chi connectivity index (χ4v) is 2.77. The van der Waals surface area contributed by atoms with E-state index in [1.54, 1.807) is 6.07 Å². The third-order valence-corrected chi connectivity index (χ3v) is 3.70. The maximum Gasteiger partial charge on any atom is 0.135 e. The highest BCUT2D eigenvalue weighted by atomic mass is 35.5. The molecule has 114 valence electrons. The lowest BCUT2D eigenvalue weighted by molar-refractivity contribution is 0.174. The normalized spacial score (nSPS) is 16.7. The van der Waals surface area contributed by atoms with Crippen molar-refractivity contribution in [2.24, 2.45) is 0 Å². The van der Waals surface area contributed by atoms with Gasteiger partial charge in [0.05, 0.1) is 0 Å². The Balaban J connectivity index is 0.00000180. The van der Waals surface area contributed by atoms with E-state index >= 15 is 0 Å². The molecule has 1 N–H and O–H groups in total. The van der Waals surface area contributed by atoms with Crippen molar-refractivity contribution in [3.05, 3.63) is 40.7 Å². The fraction of sp³-hybridized carbons (Fsp3) is 0.462. The second kappa shape index (κ2) is 9.82. The number of aromatic nitrogens is 1. The van der Waals surface area contributed by atoms with Gasteiger partial charge in [0.25, 0.3) is 0 Å². The van der Waals surface area contributed by atoms with E-state index in [9.17, 15) is 0 Å². The van der Waals surface area contributed by atoms with Crippen LogP contribution in [0.3, 0.4) is 0 Å². The van der Waals surface area contributed by atoms with Crippen LogP contribution in [-0.2, 0) is 0 Å². The standard InChI is InChI=1S/C13H17Cl2N3.2ClH/c1-2-3-11(18-8-6-16-7-9-18)10-4-5-12(14)17-13(10)15;;/h2,4-5,11,16H,1,3,6-9H2;2*1H/t11-;;/m0../s1. The van der Waals surface area contributed by atoms with E-state index in [-0.39, 0.29) is 30.9 Å². The summed E-state index contributed by atoms with van der Waals surface area (Å²) in [5.41, 5.74) is 1.03. The van der Waals surface area contributed by atoms with Gasteiger partial charge in [0.2, 0.25) is 0 Å². The summed E-state index contributed by atoms with van der Waals surface area (Å²) in [5, 5.41) is 4.27. The third kappa shape index (κ3) is 5.06. The fourth-order valence-electron chi connectivity index (χ4n) is 2.30. The third-order valence-electron chi connectivity index (χ3n) is 3.18. The highest BCUT2D eigenvalue weighted by Gasteiger charge is 2.23. The monoisotopic (exact) mass is 357 g/mol. The predicted molar refractivity (Wildman–Crippen MR) is 90.8 cm³/mol. The van der Waals surface area contributed by atoms with Crippen molar-refractivity contribution in [1.82, 2.24) is 15.2 Å². The molecule has 3 nitrogen and oxygen atoms in total. The van der Waals surface area contributed by atoms with Crippen LogP contribution >= 0.6 is 48.0 Å². The van der Waals surface area contributed by atoms with Crippen LogP contribution < -0.4 is 5.32 Å². The van der Waals surface area contributed by atoms with Gasteiger partial charge in [-0.3, -0.25) is 4.90 Å². The maximum absolute atomic E-state index is 6.21. The quantitative estimate of drug-likeness (QED) is 0.656. The minimum atomic E-state index is 0. The molecule has 1 fully saturated rings. The summed E-state index contributed by atoms with van der Waals surface area (Å²) < 4.78 is 0. The minimum Gasteiger partial charge on any atom is -0.314 e. The summed E-state index contributed by atoms with van der Waals surface area (Å²) >= 11 is 12.1. The number of hydrogen-bond donors (Lipinski definition) is 1.